The Morgan fingerprint density at radius 2 is 0.695 bits per heavy atom. The summed E-state index contributed by atoms with van der Waals surface area (Å²) < 4.78 is 6.08. The largest absolute Gasteiger partial charge is 0.494 e. The van der Waals surface area contributed by atoms with Crippen molar-refractivity contribution in [2.24, 2.45) is 0 Å². The van der Waals surface area contributed by atoms with Gasteiger partial charge in [-0.1, -0.05) is 219 Å². The van der Waals surface area contributed by atoms with E-state index >= 15 is 0 Å². The number of benzene rings is 6. The van der Waals surface area contributed by atoms with Gasteiger partial charge in [0.2, 0.25) is 0 Å². The first-order chi connectivity index (χ1) is 29.0. The lowest BCUT2D eigenvalue weighted by atomic mass is 9.70. The highest BCUT2D eigenvalue weighted by molar-refractivity contribution is 5.86. The van der Waals surface area contributed by atoms with Gasteiger partial charge < -0.3 is 4.74 Å². The van der Waals surface area contributed by atoms with E-state index in [2.05, 4.69) is 161 Å². The summed E-state index contributed by atoms with van der Waals surface area (Å²) in [5, 5.41) is 0. The molecule has 0 bridgehead atoms. The number of hydrogen-bond acceptors (Lipinski definition) is 1. The number of hydrogen-bond donors (Lipinski definition) is 0. The second kappa shape index (κ2) is 20.9. The lowest BCUT2D eigenvalue weighted by molar-refractivity contribution is 0.304. The SMILES string of the molecule is CCCCCCCCOc1ccc(-c2ccc(-c3ccc4c(c3)C(CCCCCC)(CCCCCC)c3cc(-c5ccc(-c6ccc(C)cc6)cc5)ccc3-4)cc2)cc1. The average Bonchev–Trinajstić information content (AvgIpc) is 3.55. The Morgan fingerprint density at radius 1 is 0.356 bits per heavy atom. The summed E-state index contributed by atoms with van der Waals surface area (Å²) in [6.07, 6.45) is 20.3. The molecule has 0 atom stereocenters. The van der Waals surface area contributed by atoms with E-state index in [1.54, 1.807) is 11.1 Å². The Balaban J connectivity index is 1.16. The maximum absolute atomic E-state index is 6.08. The first kappa shape index (κ1) is 42.3. The maximum atomic E-state index is 6.08. The fourth-order valence-electron chi connectivity index (χ4n) is 9.50. The van der Waals surface area contributed by atoms with Crippen LogP contribution in [0.2, 0.25) is 0 Å². The molecule has 0 unspecified atom stereocenters. The average molecular weight is 781 g/mol. The van der Waals surface area contributed by atoms with Gasteiger partial charge in [-0.05, 0) is 117 Å². The van der Waals surface area contributed by atoms with Crippen molar-refractivity contribution < 1.29 is 4.74 Å². The lowest BCUT2D eigenvalue weighted by Crippen LogP contribution is -2.25. The first-order valence-corrected chi connectivity index (χ1v) is 23.3. The van der Waals surface area contributed by atoms with Crippen molar-refractivity contribution in [2.75, 3.05) is 6.61 Å². The molecule has 0 radical (unpaired) electrons. The van der Waals surface area contributed by atoms with Gasteiger partial charge >= 0.3 is 0 Å². The van der Waals surface area contributed by atoms with Crippen LogP contribution in [-0.2, 0) is 5.41 Å². The highest BCUT2D eigenvalue weighted by Gasteiger charge is 2.42. The number of aryl methyl sites for hydroxylation is 1. The Labute approximate surface area is 357 Å². The summed E-state index contributed by atoms with van der Waals surface area (Å²) in [5.41, 5.74) is 17.5. The minimum atomic E-state index is 0.0127. The molecule has 306 valence electrons. The van der Waals surface area contributed by atoms with Gasteiger partial charge in [0.05, 0.1) is 6.61 Å². The van der Waals surface area contributed by atoms with Crippen LogP contribution >= 0.6 is 0 Å². The third kappa shape index (κ3) is 10.3. The molecule has 0 fully saturated rings. The van der Waals surface area contributed by atoms with Gasteiger partial charge in [0, 0.05) is 5.41 Å². The summed E-state index contributed by atoms with van der Waals surface area (Å²) in [6.45, 7) is 9.88. The van der Waals surface area contributed by atoms with Crippen LogP contribution in [0.25, 0.3) is 55.6 Å². The standard InChI is InChI=1S/C58H68O/c1-5-8-11-14-15-18-41-59-53-35-31-48(32-36-53)47-25-29-50(30-26-47)52-34-38-55-54-37-33-51(49-27-23-46(24-28-49)45-21-19-44(4)20-22-45)42-56(54)58(57(55)43-52,39-16-12-9-6-2)40-17-13-10-7-3/h19-38,42-43H,5-18,39-41H2,1-4H3. The molecule has 0 saturated carbocycles. The van der Waals surface area contributed by atoms with Crippen LogP contribution in [0.4, 0.5) is 0 Å². The number of fused-ring (bicyclic) bond motifs is 3. The Bertz CT molecular complexity index is 2180. The van der Waals surface area contributed by atoms with Crippen molar-refractivity contribution in [3.05, 3.63) is 150 Å². The van der Waals surface area contributed by atoms with Crippen LogP contribution < -0.4 is 4.74 Å². The maximum Gasteiger partial charge on any atom is 0.119 e. The Morgan fingerprint density at radius 3 is 1.14 bits per heavy atom. The van der Waals surface area contributed by atoms with Gasteiger partial charge in [-0.3, -0.25) is 0 Å². The summed E-state index contributed by atoms with van der Waals surface area (Å²) in [4.78, 5) is 0. The second-order valence-electron chi connectivity index (χ2n) is 17.4. The minimum Gasteiger partial charge on any atom is -0.494 e. The van der Waals surface area contributed by atoms with Crippen LogP contribution in [0.5, 0.6) is 5.75 Å². The van der Waals surface area contributed by atoms with Crippen LogP contribution in [0.3, 0.4) is 0 Å². The molecule has 1 nitrogen and oxygen atoms in total. The fraction of sp³-hybridized carbons (Fsp3) is 0.379. The molecule has 0 aromatic heterocycles. The van der Waals surface area contributed by atoms with Gasteiger partial charge in [-0.25, -0.2) is 0 Å². The highest BCUT2D eigenvalue weighted by Crippen LogP contribution is 2.56. The Hall–Kier alpha value is -4.88. The van der Waals surface area contributed by atoms with E-state index in [0.717, 1.165) is 18.8 Å². The van der Waals surface area contributed by atoms with Crippen LogP contribution in [0.15, 0.2) is 133 Å². The smallest absolute Gasteiger partial charge is 0.119 e. The van der Waals surface area contributed by atoms with Gasteiger partial charge in [0.25, 0.3) is 0 Å². The molecular weight excluding hydrogens is 713 g/mol. The van der Waals surface area contributed by atoms with E-state index in [1.165, 1.54) is 158 Å². The zero-order valence-electron chi connectivity index (χ0n) is 36.6. The van der Waals surface area contributed by atoms with Crippen molar-refractivity contribution in [3.63, 3.8) is 0 Å². The van der Waals surface area contributed by atoms with Crippen molar-refractivity contribution in [3.8, 4) is 61.4 Å². The van der Waals surface area contributed by atoms with Crippen molar-refractivity contribution in [1.82, 2.24) is 0 Å². The molecular formula is C58H68O. The van der Waals surface area contributed by atoms with E-state index in [-0.39, 0.29) is 5.41 Å². The summed E-state index contributed by atoms with van der Waals surface area (Å²) in [7, 11) is 0. The second-order valence-corrected chi connectivity index (χ2v) is 17.4. The normalized spacial score (nSPS) is 12.7. The number of unbranched alkanes of at least 4 members (excludes halogenated alkanes) is 11. The summed E-state index contributed by atoms with van der Waals surface area (Å²) in [6, 6.07) is 50.8. The molecule has 0 saturated heterocycles. The van der Waals surface area contributed by atoms with E-state index in [1.807, 2.05) is 0 Å². The zero-order valence-corrected chi connectivity index (χ0v) is 36.6. The fourth-order valence-corrected chi connectivity index (χ4v) is 9.50. The van der Waals surface area contributed by atoms with Gasteiger partial charge in [-0.2, -0.15) is 0 Å². The molecule has 0 amide bonds. The third-order valence-corrected chi connectivity index (χ3v) is 13.1. The molecule has 0 spiro atoms. The Kier molecular flexibility index (Phi) is 15.0. The first-order valence-electron chi connectivity index (χ1n) is 23.3. The molecule has 0 heterocycles. The van der Waals surface area contributed by atoms with Gasteiger partial charge in [-0.15, -0.1) is 0 Å². The summed E-state index contributed by atoms with van der Waals surface area (Å²) >= 11 is 0. The molecule has 6 aromatic carbocycles. The monoisotopic (exact) mass is 781 g/mol. The van der Waals surface area contributed by atoms with E-state index < -0.39 is 0 Å². The topological polar surface area (TPSA) is 9.23 Å². The number of rotatable bonds is 22. The van der Waals surface area contributed by atoms with Crippen LogP contribution in [0, 0.1) is 6.92 Å². The van der Waals surface area contributed by atoms with Crippen LogP contribution in [0.1, 0.15) is 140 Å². The molecule has 1 heteroatoms. The van der Waals surface area contributed by atoms with Gasteiger partial charge in [0.1, 0.15) is 5.75 Å². The predicted molar refractivity (Wildman–Crippen MR) is 256 cm³/mol. The lowest BCUT2D eigenvalue weighted by Gasteiger charge is -2.33. The van der Waals surface area contributed by atoms with Crippen LogP contribution in [-0.4, -0.2) is 6.61 Å². The molecule has 59 heavy (non-hydrogen) atoms. The third-order valence-electron chi connectivity index (χ3n) is 13.1. The molecule has 0 aliphatic heterocycles. The number of ether oxygens (including phenoxy) is 1. The van der Waals surface area contributed by atoms with E-state index in [0.29, 0.717) is 0 Å². The van der Waals surface area contributed by atoms with Gasteiger partial charge in [0.15, 0.2) is 0 Å². The molecule has 0 N–H and O–H groups in total. The van der Waals surface area contributed by atoms with Crippen molar-refractivity contribution in [2.45, 2.75) is 136 Å². The molecule has 1 aliphatic rings. The minimum absolute atomic E-state index is 0.0127. The molecule has 7 rings (SSSR count). The summed E-state index contributed by atoms with van der Waals surface area (Å²) in [5.74, 6) is 0.967. The van der Waals surface area contributed by atoms with E-state index in [4.69, 9.17) is 4.74 Å². The highest BCUT2D eigenvalue weighted by atomic mass is 16.5. The van der Waals surface area contributed by atoms with Crippen molar-refractivity contribution in [1.29, 1.82) is 0 Å². The molecule has 6 aromatic rings. The molecule has 1 aliphatic carbocycles. The van der Waals surface area contributed by atoms with E-state index in [9.17, 15) is 0 Å². The zero-order chi connectivity index (χ0) is 40.9. The predicted octanol–water partition coefficient (Wildman–Crippen LogP) is 17.6. The quantitative estimate of drug-likeness (QED) is 0.0624. The van der Waals surface area contributed by atoms with Crippen molar-refractivity contribution >= 4 is 0 Å².